The van der Waals surface area contributed by atoms with Crippen LogP contribution in [0.2, 0.25) is 5.02 Å². The lowest BCUT2D eigenvalue weighted by Gasteiger charge is -2.11. The monoisotopic (exact) mass is 388 g/mol. The molecule has 0 aliphatic rings. The van der Waals surface area contributed by atoms with E-state index in [0.29, 0.717) is 16.5 Å². The highest BCUT2D eigenvalue weighted by Crippen LogP contribution is 2.24. The van der Waals surface area contributed by atoms with Crippen LogP contribution in [0, 0.1) is 25.5 Å². The van der Waals surface area contributed by atoms with Gasteiger partial charge in [-0.1, -0.05) is 17.7 Å². The first-order chi connectivity index (χ1) is 12.8. The molecule has 0 bridgehead atoms. The van der Waals surface area contributed by atoms with Crippen LogP contribution in [0.4, 0.5) is 26.0 Å². The quantitative estimate of drug-likeness (QED) is 0.658. The zero-order valence-electron chi connectivity index (χ0n) is 14.5. The van der Waals surface area contributed by atoms with E-state index in [2.05, 4.69) is 20.6 Å². The zero-order valence-corrected chi connectivity index (χ0v) is 15.2. The van der Waals surface area contributed by atoms with Gasteiger partial charge in [-0.05, 0) is 43.7 Å². The molecule has 3 aromatic rings. The summed E-state index contributed by atoms with van der Waals surface area (Å²) in [6.07, 6.45) is 0. The maximum atomic E-state index is 13.8. The molecule has 1 heterocycles. The van der Waals surface area contributed by atoms with E-state index in [4.69, 9.17) is 11.6 Å². The minimum Gasteiger partial charge on any atom is -0.338 e. The van der Waals surface area contributed by atoms with Crippen molar-refractivity contribution in [1.29, 1.82) is 0 Å². The number of hydrogen-bond donors (Lipinski definition) is 2. The molecule has 0 fully saturated rings. The van der Waals surface area contributed by atoms with E-state index in [9.17, 15) is 13.6 Å². The second kappa shape index (κ2) is 7.67. The van der Waals surface area contributed by atoms with Gasteiger partial charge in [0, 0.05) is 22.8 Å². The Hall–Kier alpha value is -3.06. The summed E-state index contributed by atoms with van der Waals surface area (Å²) in [5, 5.41) is 5.99. The summed E-state index contributed by atoms with van der Waals surface area (Å²) in [4.78, 5) is 20.8. The second-order valence-corrected chi connectivity index (χ2v) is 6.21. The molecular weight excluding hydrogens is 374 g/mol. The molecule has 5 nitrogen and oxygen atoms in total. The van der Waals surface area contributed by atoms with Crippen molar-refractivity contribution in [1.82, 2.24) is 9.97 Å². The molecule has 0 radical (unpaired) electrons. The first kappa shape index (κ1) is 18.7. The minimum atomic E-state index is -0.771. The Bertz CT molecular complexity index is 1030. The molecule has 138 valence electrons. The van der Waals surface area contributed by atoms with Gasteiger partial charge in [0.1, 0.15) is 29.0 Å². The number of carbonyl (C=O) groups is 1. The highest BCUT2D eigenvalue weighted by molar-refractivity contribution is 6.31. The van der Waals surface area contributed by atoms with Gasteiger partial charge >= 0.3 is 0 Å². The summed E-state index contributed by atoms with van der Waals surface area (Å²) >= 11 is 6.06. The number of halogens is 3. The first-order valence-corrected chi connectivity index (χ1v) is 8.35. The molecule has 2 N–H and O–H groups in total. The van der Waals surface area contributed by atoms with E-state index in [1.54, 1.807) is 32.0 Å². The van der Waals surface area contributed by atoms with Gasteiger partial charge in [-0.15, -0.1) is 0 Å². The number of nitrogens with zero attached hydrogens (tertiary/aromatic N) is 2. The molecule has 3 rings (SSSR count). The summed E-state index contributed by atoms with van der Waals surface area (Å²) in [6, 6.07) is 9.67. The van der Waals surface area contributed by atoms with Gasteiger partial charge in [0.05, 0.1) is 5.69 Å². The van der Waals surface area contributed by atoms with Crippen molar-refractivity contribution in [3.05, 3.63) is 76.2 Å². The largest absolute Gasteiger partial charge is 0.338 e. The molecule has 2 aromatic carbocycles. The molecular formula is C19H15ClF2N4O. The van der Waals surface area contributed by atoms with Crippen LogP contribution >= 0.6 is 11.6 Å². The highest BCUT2D eigenvalue weighted by atomic mass is 35.5. The third-order valence-electron chi connectivity index (χ3n) is 3.78. The molecule has 0 saturated heterocycles. The standard InChI is InChI=1S/C19H15ClF2N4O/c1-10-13(20)4-3-5-15(10)26-19(27)17-9-18(24-11(2)23-17)25-16-7-6-12(21)8-14(16)22/h3-9H,1-2H3,(H,26,27)(H,23,24,25). The van der Waals surface area contributed by atoms with Crippen LogP contribution in [-0.4, -0.2) is 15.9 Å². The number of nitrogens with one attached hydrogen (secondary N) is 2. The van der Waals surface area contributed by atoms with Gasteiger partial charge in [0.15, 0.2) is 0 Å². The molecule has 27 heavy (non-hydrogen) atoms. The van der Waals surface area contributed by atoms with Gasteiger partial charge in [0.25, 0.3) is 5.91 Å². The molecule has 0 atom stereocenters. The van der Waals surface area contributed by atoms with Gasteiger partial charge in [-0.3, -0.25) is 4.79 Å². The average molecular weight is 389 g/mol. The lowest BCUT2D eigenvalue weighted by atomic mass is 10.2. The van der Waals surface area contributed by atoms with Crippen LogP contribution in [0.5, 0.6) is 0 Å². The molecule has 0 aliphatic carbocycles. The molecule has 1 amide bonds. The average Bonchev–Trinajstić information content (AvgIpc) is 2.61. The van der Waals surface area contributed by atoms with E-state index in [1.165, 1.54) is 12.1 Å². The van der Waals surface area contributed by atoms with Crippen LogP contribution in [0.15, 0.2) is 42.5 Å². The zero-order chi connectivity index (χ0) is 19.6. The van der Waals surface area contributed by atoms with Crippen molar-refractivity contribution < 1.29 is 13.6 Å². The smallest absolute Gasteiger partial charge is 0.274 e. The van der Waals surface area contributed by atoms with Gasteiger partial charge in [0.2, 0.25) is 0 Å². The van der Waals surface area contributed by atoms with Crippen molar-refractivity contribution >= 4 is 34.7 Å². The summed E-state index contributed by atoms with van der Waals surface area (Å²) < 4.78 is 26.9. The normalized spacial score (nSPS) is 10.6. The van der Waals surface area contributed by atoms with Crippen molar-refractivity contribution in [2.45, 2.75) is 13.8 Å². The number of carbonyl (C=O) groups excluding carboxylic acids is 1. The summed E-state index contributed by atoms with van der Waals surface area (Å²) in [7, 11) is 0. The molecule has 0 saturated carbocycles. The number of anilines is 3. The van der Waals surface area contributed by atoms with Crippen LogP contribution < -0.4 is 10.6 Å². The SMILES string of the molecule is Cc1nc(Nc2ccc(F)cc2F)cc(C(=O)Nc2cccc(Cl)c2C)n1. The number of aromatic nitrogens is 2. The predicted octanol–water partition coefficient (Wildman–Crippen LogP) is 5.02. The number of hydrogen-bond acceptors (Lipinski definition) is 4. The maximum absolute atomic E-state index is 13.8. The Balaban J connectivity index is 1.86. The fraction of sp³-hybridized carbons (Fsp3) is 0.105. The molecule has 1 aromatic heterocycles. The Morgan fingerprint density at radius 3 is 2.56 bits per heavy atom. The van der Waals surface area contributed by atoms with Crippen molar-refractivity contribution in [3.8, 4) is 0 Å². The highest BCUT2D eigenvalue weighted by Gasteiger charge is 2.14. The Labute approximate surface area is 159 Å². The lowest BCUT2D eigenvalue weighted by Crippen LogP contribution is -2.16. The van der Waals surface area contributed by atoms with E-state index in [1.807, 2.05) is 0 Å². The number of aryl methyl sites for hydroxylation is 1. The third kappa shape index (κ3) is 4.38. The van der Waals surface area contributed by atoms with Gasteiger partial charge in [-0.25, -0.2) is 18.7 Å². The predicted molar refractivity (Wildman–Crippen MR) is 101 cm³/mol. The fourth-order valence-corrected chi connectivity index (χ4v) is 2.58. The Kier molecular flexibility index (Phi) is 5.32. The second-order valence-electron chi connectivity index (χ2n) is 5.80. The lowest BCUT2D eigenvalue weighted by molar-refractivity contribution is 0.102. The number of benzene rings is 2. The molecule has 0 spiro atoms. The first-order valence-electron chi connectivity index (χ1n) is 7.97. The summed E-state index contributed by atoms with van der Waals surface area (Å²) in [5.41, 5.74) is 1.41. The van der Waals surface area contributed by atoms with Gasteiger partial charge < -0.3 is 10.6 Å². The fourth-order valence-electron chi connectivity index (χ4n) is 2.41. The van der Waals surface area contributed by atoms with E-state index in [-0.39, 0.29) is 17.2 Å². The maximum Gasteiger partial charge on any atom is 0.274 e. The van der Waals surface area contributed by atoms with Crippen LogP contribution in [0.25, 0.3) is 0 Å². The Morgan fingerprint density at radius 2 is 1.81 bits per heavy atom. The third-order valence-corrected chi connectivity index (χ3v) is 4.19. The van der Waals surface area contributed by atoms with Crippen LogP contribution in [0.1, 0.15) is 21.9 Å². The Morgan fingerprint density at radius 1 is 1.04 bits per heavy atom. The number of amides is 1. The number of rotatable bonds is 4. The van der Waals surface area contributed by atoms with Crippen molar-refractivity contribution in [3.63, 3.8) is 0 Å². The van der Waals surface area contributed by atoms with Crippen LogP contribution in [0.3, 0.4) is 0 Å². The molecule has 0 unspecified atom stereocenters. The molecule has 0 aliphatic heterocycles. The molecule has 8 heteroatoms. The van der Waals surface area contributed by atoms with Gasteiger partial charge in [-0.2, -0.15) is 0 Å². The summed E-state index contributed by atoms with van der Waals surface area (Å²) in [6.45, 7) is 3.39. The van der Waals surface area contributed by atoms with Crippen molar-refractivity contribution in [2.75, 3.05) is 10.6 Å². The van der Waals surface area contributed by atoms with E-state index >= 15 is 0 Å². The van der Waals surface area contributed by atoms with Crippen LogP contribution in [-0.2, 0) is 0 Å². The van der Waals surface area contributed by atoms with E-state index < -0.39 is 17.5 Å². The summed E-state index contributed by atoms with van der Waals surface area (Å²) in [5.74, 6) is -1.40. The minimum absolute atomic E-state index is 0.0338. The topological polar surface area (TPSA) is 66.9 Å². The van der Waals surface area contributed by atoms with Crippen molar-refractivity contribution in [2.24, 2.45) is 0 Å². The van der Waals surface area contributed by atoms with E-state index in [0.717, 1.165) is 17.7 Å².